The van der Waals surface area contributed by atoms with Crippen LogP contribution in [0.25, 0.3) is 0 Å². The van der Waals surface area contributed by atoms with Gasteiger partial charge in [-0.1, -0.05) is 0 Å². The molecule has 11 heavy (non-hydrogen) atoms. The lowest BCUT2D eigenvalue weighted by Crippen LogP contribution is -2.35. The second-order valence-electron chi connectivity index (χ2n) is 2.84. The molecule has 4 N–H and O–H groups in total. The first kappa shape index (κ1) is 8.00. The van der Waals surface area contributed by atoms with Crippen molar-refractivity contribution < 1.29 is 19.8 Å². The van der Waals surface area contributed by atoms with Crippen LogP contribution in [0.5, 0.6) is 0 Å². The quantitative estimate of drug-likeness (QED) is 0.503. The molecule has 0 aromatic carbocycles. The highest BCUT2D eigenvalue weighted by Gasteiger charge is 2.58. The van der Waals surface area contributed by atoms with Gasteiger partial charge in [0.25, 0.3) is 0 Å². The second kappa shape index (κ2) is 2.20. The lowest BCUT2D eigenvalue weighted by Gasteiger charge is -2.01. The molecule has 5 heteroatoms. The number of hydrogen-bond donors (Lipinski definition) is 3. The maximum atomic E-state index is 10.4. The Hall–Kier alpha value is -1.10. The Bertz CT molecular complexity index is 215. The largest absolute Gasteiger partial charge is 0.481 e. The summed E-state index contributed by atoms with van der Waals surface area (Å²) in [5, 5.41) is 16.8. The van der Waals surface area contributed by atoms with Gasteiger partial charge in [0.2, 0.25) is 0 Å². The van der Waals surface area contributed by atoms with Crippen molar-refractivity contribution in [2.24, 2.45) is 11.7 Å². The molecule has 0 aromatic heterocycles. The molecule has 1 rings (SSSR count). The summed E-state index contributed by atoms with van der Waals surface area (Å²) in [5.74, 6) is -2.50. The Labute approximate surface area is 62.8 Å². The molecule has 0 unspecified atom stereocenters. The van der Waals surface area contributed by atoms with Crippen molar-refractivity contribution >= 4 is 11.9 Å². The molecule has 0 aromatic rings. The molecule has 62 valence electrons. The highest BCUT2D eigenvalue weighted by molar-refractivity contribution is 5.84. The van der Waals surface area contributed by atoms with Gasteiger partial charge < -0.3 is 15.9 Å². The van der Waals surface area contributed by atoms with Crippen LogP contribution in [0.3, 0.4) is 0 Å². The fraction of sp³-hybridized carbons (Fsp3) is 0.667. The fourth-order valence-corrected chi connectivity index (χ4v) is 1.08. The molecule has 1 aliphatic carbocycles. The van der Waals surface area contributed by atoms with Gasteiger partial charge in [-0.05, 0) is 6.42 Å². The highest BCUT2D eigenvalue weighted by Crippen LogP contribution is 2.43. The van der Waals surface area contributed by atoms with Crippen molar-refractivity contribution in [1.29, 1.82) is 0 Å². The van der Waals surface area contributed by atoms with Gasteiger partial charge >= 0.3 is 11.9 Å². The van der Waals surface area contributed by atoms with Crippen LogP contribution in [0.15, 0.2) is 0 Å². The van der Waals surface area contributed by atoms with E-state index < -0.39 is 23.4 Å². The van der Waals surface area contributed by atoms with E-state index in [0.717, 1.165) is 0 Å². The average molecular weight is 159 g/mol. The summed E-state index contributed by atoms with van der Waals surface area (Å²) in [6, 6.07) is 0. The van der Waals surface area contributed by atoms with Crippen molar-refractivity contribution in [2.75, 3.05) is 0 Å². The van der Waals surface area contributed by atoms with E-state index in [1.54, 1.807) is 0 Å². The molecule has 0 heterocycles. The summed E-state index contributed by atoms with van der Waals surface area (Å²) in [7, 11) is 0. The van der Waals surface area contributed by atoms with E-state index >= 15 is 0 Å². The minimum absolute atomic E-state index is 0.150. The van der Waals surface area contributed by atoms with E-state index in [-0.39, 0.29) is 12.8 Å². The van der Waals surface area contributed by atoms with E-state index in [2.05, 4.69) is 0 Å². The molecule has 1 saturated carbocycles. The third-order valence-electron chi connectivity index (χ3n) is 1.97. The predicted molar refractivity (Wildman–Crippen MR) is 34.9 cm³/mol. The monoisotopic (exact) mass is 159 g/mol. The molecule has 0 saturated heterocycles. The summed E-state index contributed by atoms with van der Waals surface area (Å²) >= 11 is 0. The molecule has 0 bridgehead atoms. The zero-order valence-corrected chi connectivity index (χ0v) is 5.78. The van der Waals surface area contributed by atoms with Crippen LogP contribution in [-0.2, 0) is 9.59 Å². The number of carboxylic acids is 2. The summed E-state index contributed by atoms with van der Waals surface area (Å²) in [5.41, 5.74) is 4.05. The van der Waals surface area contributed by atoms with Gasteiger partial charge in [-0.15, -0.1) is 0 Å². The summed E-state index contributed by atoms with van der Waals surface area (Å²) in [6.45, 7) is 0. The van der Waals surface area contributed by atoms with Crippen molar-refractivity contribution in [3.05, 3.63) is 0 Å². The lowest BCUT2D eigenvalue weighted by atomic mass is 10.2. The molecule has 1 aliphatic rings. The van der Waals surface area contributed by atoms with Gasteiger partial charge in [-0.3, -0.25) is 9.59 Å². The van der Waals surface area contributed by atoms with Gasteiger partial charge in [0.15, 0.2) is 0 Å². The predicted octanol–water partition coefficient (Wildman–Crippen LogP) is -0.737. The Morgan fingerprint density at radius 2 is 2.09 bits per heavy atom. The van der Waals surface area contributed by atoms with Gasteiger partial charge in [0.1, 0.15) is 5.54 Å². The summed E-state index contributed by atoms with van der Waals surface area (Å²) < 4.78 is 0. The number of aliphatic carboxylic acids is 2. The third kappa shape index (κ3) is 1.32. The van der Waals surface area contributed by atoms with Gasteiger partial charge in [0, 0.05) is 5.92 Å². The smallest absolute Gasteiger partial charge is 0.323 e. The molecular weight excluding hydrogens is 150 g/mol. The molecule has 0 spiro atoms. The van der Waals surface area contributed by atoms with Crippen LogP contribution in [0.2, 0.25) is 0 Å². The number of hydrogen-bond acceptors (Lipinski definition) is 3. The van der Waals surface area contributed by atoms with Gasteiger partial charge in [0.05, 0.1) is 6.42 Å². The van der Waals surface area contributed by atoms with Crippen LogP contribution >= 0.6 is 0 Å². The average Bonchev–Trinajstić information content (AvgIpc) is 2.42. The first-order valence-corrected chi connectivity index (χ1v) is 3.21. The minimum Gasteiger partial charge on any atom is -0.481 e. The zero-order valence-electron chi connectivity index (χ0n) is 5.78. The molecule has 2 atom stereocenters. The van der Waals surface area contributed by atoms with E-state index in [1.165, 1.54) is 0 Å². The Kier molecular flexibility index (Phi) is 1.60. The summed E-state index contributed by atoms with van der Waals surface area (Å²) in [4.78, 5) is 20.5. The standard InChI is InChI=1S/C6H9NO4/c7-6(5(10)11)2-3(6)1-4(8)9/h3H,1-2,7H2,(H,8,9)(H,10,11)/t3-,6-/m0/s1. The van der Waals surface area contributed by atoms with E-state index in [4.69, 9.17) is 15.9 Å². The molecule has 1 fully saturated rings. The van der Waals surface area contributed by atoms with Crippen LogP contribution in [0, 0.1) is 5.92 Å². The molecule has 5 nitrogen and oxygen atoms in total. The zero-order chi connectivity index (χ0) is 8.65. The van der Waals surface area contributed by atoms with Gasteiger partial charge in [-0.2, -0.15) is 0 Å². The number of rotatable bonds is 3. The van der Waals surface area contributed by atoms with Crippen molar-refractivity contribution in [3.63, 3.8) is 0 Å². The Morgan fingerprint density at radius 3 is 2.36 bits per heavy atom. The van der Waals surface area contributed by atoms with Crippen LogP contribution in [-0.4, -0.2) is 27.7 Å². The van der Waals surface area contributed by atoms with Crippen LogP contribution < -0.4 is 5.73 Å². The minimum atomic E-state index is -1.27. The second-order valence-corrected chi connectivity index (χ2v) is 2.84. The van der Waals surface area contributed by atoms with E-state index in [9.17, 15) is 9.59 Å². The maximum absolute atomic E-state index is 10.4. The Balaban J connectivity index is 2.47. The lowest BCUT2D eigenvalue weighted by molar-refractivity contribution is -0.140. The van der Waals surface area contributed by atoms with E-state index in [1.807, 2.05) is 0 Å². The SMILES string of the molecule is N[C@@]1(C(=O)O)C[C@@H]1CC(=O)O. The Morgan fingerprint density at radius 1 is 1.55 bits per heavy atom. The van der Waals surface area contributed by atoms with E-state index in [0.29, 0.717) is 0 Å². The molecular formula is C6H9NO4. The third-order valence-corrected chi connectivity index (χ3v) is 1.97. The number of carbonyl (C=O) groups is 2. The number of nitrogens with two attached hydrogens (primary N) is 1. The topological polar surface area (TPSA) is 101 Å². The maximum Gasteiger partial charge on any atom is 0.323 e. The van der Waals surface area contributed by atoms with Crippen LogP contribution in [0.4, 0.5) is 0 Å². The highest BCUT2D eigenvalue weighted by atomic mass is 16.4. The van der Waals surface area contributed by atoms with Gasteiger partial charge in [-0.25, -0.2) is 0 Å². The van der Waals surface area contributed by atoms with Crippen molar-refractivity contribution in [2.45, 2.75) is 18.4 Å². The fourth-order valence-electron chi connectivity index (χ4n) is 1.08. The summed E-state index contributed by atoms with van der Waals surface area (Å²) in [6.07, 6.45) is 0.122. The number of carboxylic acid groups (broad SMARTS) is 2. The molecule has 0 aliphatic heterocycles. The first-order valence-electron chi connectivity index (χ1n) is 3.21. The first-order chi connectivity index (χ1) is 4.97. The molecule has 0 amide bonds. The van der Waals surface area contributed by atoms with Crippen molar-refractivity contribution in [1.82, 2.24) is 0 Å². The van der Waals surface area contributed by atoms with Crippen LogP contribution in [0.1, 0.15) is 12.8 Å². The van der Waals surface area contributed by atoms with Crippen molar-refractivity contribution in [3.8, 4) is 0 Å². The molecule has 0 radical (unpaired) electrons. The normalized spacial score (nSPS) is 34.8.